The number of rotatable bonds is 3. The second-order valence-electron chi connectivity index (χ2n) is 5.06. The van der Waals surface area contributed by atoms with Crippen molar-refractivity contribution in [1.82, 2.24) is 5.32 Å². The number of ether oxygens (including phenoxy) is 1. The molecule has 134 valence electrons. The van der Waals surface area contributed by atoms with E-state index in [1.807, 2.05) is 0 Å². The van der Waals surface area contributed by atoms with Crippen LogP contribution in [-0.4, -0.2) is 25.5 Å². The van der Waals surface area contributed by atoms with E-state index in [2.05, 4.69) is 21.9 Å². The molecule has 1 amide bonds. The van der Waals surface area contributed by atoms with Crippen molar-refractivity contribution >= 4 is 11.9 Å². The maximum atomic E-state index is 12.9. The van der Waals surface area contributed by atoms with Gasteiger partial charge in [-0.1, -0.05) is 36.1 Å². The van der Waals surface area contributed by atoms with E-state index in [4.69, 9.17) is 0 Å². The lowest BCUT2D eigenvalue weighted by molar-refractivity contribution is -0.137. The average Bonchev–Trinajstić information content (AvgIpc) is 2.64. The summed E-state index contributed by atoms with van der Waals surface area (Å²) in [6, 6.07) is 11.0. The zero-order chi connectivity index (χ0) is 19.2. The maximum Gasteiger partial charge on any atom is 0.417 e. The number of halogens is 3. The summed E-state index contributed by atoms with van der Waals surface area (Å²) in [4.78, 5) is 23.8. The lowest BCUT2D eigenvalue weighted by Crippen LogP contribution is -2.25. The zero-order valence-electron chi connectivity index (χ0n) is 13.7. The van der Waals surface area contributed by atoms with Crippen LogP contribution in [0.25, 0.3) is 0 Å². The van der Waals surface area contributed by atoms with E-state index >= 15 is 0 Å². The minimum absolute atomic E-state index is 0.0860. The largest absolute Gasteiger partial charge is 0.465 e. The Morgan fingerprint density at radius 1 is 1.04 bits per heavy atom. The third-order valence-electron chi connectivity index (χ3n) is 3.37. The van der Waals surface area contributed by atoms with Crippen molar-refractivity contribution < 1.29 is 27.5 Å². The Bertz CT molecular complexity index is 879. The number of carbonyl (C=O) groups excluding carboxylic acids is 2. The molecule has 7 heteroatoms. The number of carbonyl (C=O) groups is 2. The van der Waals surface area contributed by atoms with E-state index in [9.17, 15) is 22.8 Å². The first-order chi connectivity index (χ1) is 12.3. The highest BCUT2D eigenvalue weighted by Gasteiger charge is 2.32. The number of esters is 1. The lowest BCUT2D eigenvalue weighted by atomic mass is 10.1. The first kappa shape index (κ1) is 19.1. The molecule has 0 radical (unpaired) electrons. The van der Waals surface area contributed by atoms with Crippen LogP contribution in [0.5, 0.6) is 0 Å². The van der Waals surface area contributed by atoms with Crippen molar-refractivity contribution in [2.75, 3.05) is 13.7 Å². The van der Waals surface area contributed by atoms with Gasteiger partial charge in [0.25, 0.3) is 5.91 Å². The molecule has 0 aliphatic rings. The predicted octanol–water partition coefficient (Wildman–Crippen LogP) is 3.27. The highest BCUT2D eigenvalue weighted by molar-refractivity contribution is 6.05. The summed E-state index contributed by atoms with van der Waals surface area (Å²) >= 11 is 0. The summed E-state index contributed by atoms with van der Waals surface area (Å²) < 4.78 is 43.2. The topological polar surface area (TPSA) is 55.4 Å². The Kier molecular flexibility index (Phi) is 6.02. The zero-order valence-corrected chi connectivity index (χ0v) is 13.7. The molecular formula is C19H14F3NO3. The van der Waals surface area contributed by atoms with E-state index in [-0.39, 0.29) is 23.2 Å². The van der Waals surface area contributed by atoms with Crippen LogP contribution in [0.3, 0.4) is 0 Å². The highest BCUT2D eigenvalue weighted by atomic mass is 19.4. The van der Waals surface area contributed by atoms with E-state index in [1.165, 1.54) is 37.4 Å². The van der Waals surface area contributed by atoms with Gasteiger partial charge in [-0.15, -0.1) is 0 Å². The number of alkyl halides is 3. The van der Waals surface area contributed by atoms with Gasteiger partial charge in [-0.05, 0) is 24.3 Å². The minimum Gasteiger partial charge on any atom is -0.465 e. The van der Waals surface area contributed by atoms with Crippen LogP contribution in [0, 0.1) is 11.8 Å². The predicted molar refractivity (Wildman–Crippen MR) is 88.4 cm³/mol. The van der Waals surface area contributed by atoms with Gasteiger partial charge in [-0.2, -0.15) is 13.2 Å². The molecule has 0 aliphatic carbocycles. The Labute approximate surface area is 148 Å². The molecule has 2 rings (SSSR count). The number of hydrogen-bond acceptors (Lipinski definition) is 3. The molecule has 0 saturated heterocycles. The van der Waals surface area contributed by atoms with E-state index in [1.54, 1.807) is 12.1 Å². The SMILES string of the molecule is COC(=O)c1ccccc1C(=O)NCC#Cc1ccccc1C(F)(F)F. The molecule has 0 fully saturated rings. The summed E-state index contributed by atoms with van der Waals surface area (Å²) in [5, 5.41) is 2.45. The molecule has 0 unspecified atom stereocenters. The molecule has 0 atom stereocenters. The normalized spacial score (nSPS) is 10.5. The number of benzene rings is 2. The Hall–Kier alpha value is -3.27. The fraction of sp³-hybridized carbons (Fsp3) is 0.158. The Morgan fingerprint density at radius 3 is 2.31 bits per heavy atom. The smallest absolute Gasteiger partial charge is 0.417 e. The molecule has 0 spiro atoms. The van der Waals surface area contributed by atoms with Crippen molar-refractivity contribution in [3.63, 3.8) is 0 Å². The molecule has 0 saturated carbocycles. The fourth-order valence-corrected chi connectivity index (χ4v) is 2.17. The third kappa shape index (κ3) is 4.63. The van der Waals surface area contributed by atoms with Gasteiger partial charge < -0.3 is 10.1 Å². The Balaban J connectivity index is 2.10. The molecule has 0 heterocycles. The van der Waals surface area contributed by atoms with Gasteiger partial charge in [0.05, 0.1) is 30.3 Å². The number of nitrogens with one attached hydrogen (secondary N) is 1. The fourth-order valence-electron chi connectivity index (χ4n) is 2.17. The molecule has 2 aromatic rings. The minimum atomic E-state index is -4.51. The first-order valence-electron chi connectivity index (χ1n) is 7.45. The molecule has 0 aliphatic heterocycles. The monoisotopic (exact) mass is 361 g/mol. The standard InChI is InChI=1S/C19H14F3NO3/c1-26-18(25)15-10-4-3-9-14(15)17(24)23-12-6-8-13-7-2-5-11-16(13)19(20,21)22/h2-5,7,9-11H,12H2,1H3,(H,23,24). The summed E-state index contributed by atoms with van der Waals surface area (Å²) in [5.74, 6) is 3.63. The summed E-state index contributed by atoms with van der Waals surface area (Å²) in [5.41, 5.74) is -0.834. The van der Waals surface area contributed by atoms with Crippen molar-refractivity contribution in [1.29, 1.82) is 0 Å². The van der Waals surface area contributed by atoms with Gasteiger partial charge in [0, 0.05) is 5.56 Å². The lowest BCUT2D eigenvalue weighted by Gasteiger charge is -2.08. The van der Waals surface area contributed by atoms with Crippen LogP contribution in [0.1, 0.15) is 31.8 Å². The van der Waals surface area contributed by atoms with Gasteiger partial charge in [-0.25, -0.2) is 4.79 Å². The molecule has 2 aromatic carbocycles. The van der Waals surface area contributed by atoms with Gasteiger partial charge in [0.15, 0.2) is 0 Å². The number of amides is 1. The van der Waals surface area contributed by atoms with Gasteiger partial charge in [-0.3, -0.25) is 4.79 Å². The third-order valence-corrected chi connectivity index (χ3v) is 3.37. The number of hydrogen-bond donors (Lipinski definition) is 1. The highest BCUT2D eigenvalue weighted by Crippen LogP contribution is 2.31. The second kappa shape index (κ2) is 8.21. The van der Waals surface area contributed by atoms with Crippen LogP contribution in [0.15, 0.2) is 48.5 Å². The average molecular weight is 361 g/mol. The molecule has 26 heavy (non-hydrogen) atoms. The summed E-state index contributed by atoms with van der Waals surface area (Å²) in [6.45, 7) is -0.180. The molecule has 0 bridgehead atoms. The molecule has 4 nitrogen and oxygen atoms in total. The molecule has 0 aromatic heterocycles. The van der Waals surface area contributed by atoms with Crippen molar-refractivity contribution in [2.24, 2.45) is 0 Å². The first-order valence-corrected chi connectivity index (χ1v) is 7.45. The number of methoxy groups -OCH3 is 1. The van der Waals surface area contributed by atoms with Crippen molar-refractivity contribution in [3.05, 3.63) is 70.8 Å². The van der Waals surface area contributed by atoms with Crippen molar-refractivity contribution in [2.45, 2.75) is 6.18 Å². The van der Waals surface area contributed by atoms with Crippen LogP contribution in [0.4, 0.5) is 13.2 Å². The second-order valence-corrected chi connectivity index (χ2v) is 5.06. The molecular weight excluding hydrogens is 347 g/mol. The van der Waals surface area contributed by atoms with Crippen LogP contribution in [0.2, 0.25) is 0 Å². The van der Waals surface area contributed by atoms with Gasteiger partial charge >= 0.3 is 12.1 Å². The summed E-state index contributed by atoms with van der Waals surface area (Å²) in [6.07, 6.45) is -4.51. The molecule has 1 N–H and O–H groups in total. The van der Waals surface area contributed by atoms with E-state index in [0.29, 0.717) is 0 Å². The maximum absolute atomic E-state index is 12.9. The van der Waals surface area contributed by atoms with Crippen LogP contribution < -0.4 is 5.32 Å². The summed E-state index contributed by atoms with van der Waals surface area (Å²) in [7, 11) is 1.20. The van der Waals surface area contributed by atoms with Crippen molar-refractivity contribution in [3.8, 4) is 11.8 Å². The van der Waals surface area contributed by atoms with E-state index in [0.717, 1.165) is 6.07 Å². The van der Waals surface area contributed by atoms with E-state index < -0.39 is 23.6 Å². The quantitative estimate of drug-likeness (QED) is 0.674. The van der Waals surface area contributed by atoms with Crippen LogP contribution in [-0.2, 0) is 10.9 Å². The van der Waals surface area contributed by atoms with Crippen LogP contribution >= 0.6 is 0 Å². The van der Waals surface area contributed by atoms with Gasteiger partial charge in [0.1, 0.15) is 0 Å². The Morgan fingerprint density at radius 2 is 1.65 bits per heavy atom. The van der Waals surface area contributed by atoms with Gasteiger partial charge in [0.2, 0.25) is 0 Å².